The number of hydrogen-bond donors (Lipinski definition) is 2. The van der Waals surface area contributed by atoms with E-state index in [0.29, 0.717) is 16.1 Å². The normalized spacial score (nSPS) is 14.3. The van der Waals surface area contributed by atoms with Gasteiger partial charge in [-0.15, -0.1) is 11.3 Å². The monoisotopic (exact) mass is 434 g/mol. The number of carbonyl (C=O) groups excluding carboxylic acids is 2. The summed E-state index contributed by atoms with van der Waals surface area (Å²) in [6, 6.07) is 18.5. The molecular weight excluding hydrogens is 408 g/mol. The lowest BCUT2D eigenvalue weighted by Gasteiger charge is -2.36. The Labute approximate surface area is 186 Å². The van der Waals surface area contributed by atoms with Gasteiger partial charge in [0.1, 0.15) is 0 Å². The van der Waals surface area contributed by atoms with Crippen LogP contribution in [0.2, 0.25) is 0 Å². The molecule has 0 bridgehead atoms. The van der Waals surface area contributed by atoms with Gasteiger partial charge in [0, 0.05) is 37.4 Å². The average molecular weight is 435 g/mol. The van der Waals surface area contributed by atoms with Crippen molar-refractivity contribution in [2.45, 2.75) is 6.92 Å². The van der Waals surface area contributed by atoms with Crippen molar-refractivity contribution in [3.05, 3.63) is 76.5 Å². The molecule has 1 aliphatic heterocycles. The number of amides is 2. The highest BCUT2D eigenvalue weighted by atomic mass is 32.1. The number of hydrogen-bond acceptors (Lipinski definition) is 5. The fraction of sp³-hybridized carbons (Fsp3) is 0.250. The molecule has 1 aliphatic rings. The molecule has 3 aromatic rings. The van der Waals surface area contributed by atoms with Crippen LogP contribution in [0, 0.1) is 0 Å². The van der Waals surface area contributed by atoms with Gasteiger partial charge in [0.05, 0.1) is 16.3 Å². The summed E-state index contributed by atoms with van der Waals surface area (Å²) in [7, 11) is 0. The predicted octanol–water partition coefficient (Wildman–Crippen LogP) is 4.39. The summed E-state index contributed by atoms with van der Waals surface area (Å²) in [5.74, 6) is -0.319. The first-order valence-electron chi connectivity index (χ1n) is 10.5. The summed E-state index contributed by atoms with van der Waals surface area (Å²) in [4.78, 5) is 30.4. The minimum Gasteiger partial charge on any atom is -0.367 e. The van der Waals surface area contributed by atoms with E-state index in [-0.39, 0.29) is 11.8 Å². The van der Waals surface area contributed by atoms with Crippen molar-refractivity contribution in [3.63, 3.8) is 0 Å². The maximum absolute atomic E-state index is 12.8. The van der Waals surface area contributed by atoms with Crippen molar-refractivity contribution in [1.29, 1.82) is 0 Å². The van der Waals surface area contributed by atoms with Gasteiger partial charge in [-0.2, -0.15) is 0 Å². The zero-order chi connectivity index (χ0) is 21.6. The van der Waals surface area contributed by atoms with Crippen LogP contribution in [0.4, 0.5) is 17.1 Å². The van der Waals surface area contributed by atoms with E-state index < -0.39 is 0 Å². The van der Waals surface area contributed by atoms with Crippen molar-refractivity contribution in [2.24, 2.45) is 0 Å². The largest absolute Gasteiger partial charge is 0.367 e. The Bertz CT molecular complexity index is 1030. The summed E-state index contributed by atoms with van der Waals surface area (Å²) < 4.78 is 0. The number of nitrogens with one attached hydrogen (secondary N) is 2. The zero-order valence-electron chi connectivity index (χ0n) is 17.5. The zero-order valence-corrected chi connectivity index (χ0v) is 18.3. The lowest BCUT2D eigenvalue weighted by molar-refractivity contribution is 0.102. The minimum absolute atomic E-state index is 0.149. The fourth-order valence-electron chi connectivity index (χ4n) is 3.66. The molecule has 7 heteroatoms. The van der Waals surface area contributed by atoms with E-state index in [1.807, 2.05) is 29.6 Å². The number of piperazine rings is 1. The number of carbonyl (C=O) groups is 2. The number of nitrogens with zero attached hydrogens (tertiary/aromatic N) is 2. The average Bonchev–Trinajstić information content (AvgIpc) is 3.35. The molecule has 0 aliphatic carbocycles. The predicted molar refractivity (Wildman–Crippen MR) is 127 cm³/mol. The molecule has 1 aromatic heterocycles. The Hall–Kier alpha value is -3.16. The van der Waals surface area contributed by atoms with Crippen molar-refractivity contribution >= 4 is 40.2 Å². The van der Waals surface area contributed by atoms with Gasteiger partial charge >= 0.3 is 0 Å². The van der Waals surface area contributed by atoms with E-state index in [2.05, 4.69) is 33.4 Å². The van der Waals surface area contributed by atoms with Gasteiger partial charge in [-0.25, -0.2) is 0 Å². The van der Waals surface area contributed by atoms with E-state index in [9.17, 15) is 9.59 Å². The number of anilines is 3. The molecule has 0 saturated carbocycles. The van der Waals surface area contributed by atoms with E-state index in [1.54, 1.807) is 30.3 Å². The quantitative estimate of drug-likeness (QED) is 0.604. The number of likely N-dealkylation sites (N-methyl/N-ethyl adjacent to an activating group) is 1. The second-order valence-electron chi connectivity index (χ2n) is 7.40. The van der Waals surface area contributed by atoms with Gasteiger partial charge in [0.2, 0.25) is 0 Å². The van der Waals surface area contributed by atoms with Crippen LogP contribution >= 0.6 is 11.3 Å². The minimum atomic E-state index is -0.171. The molecule has 2 heterocycles. The van der Waals surface area contributed by atoms with Crippen molar-refractivity contribution in [1.82, 2.24) is 4.90 Å². The van der Waals surface area contributed by atoms with Gasteiger partial charge in [-0.05, 0) is 54.4 Å². The molecule has 6 nitrogen and oxygen atoms in total. The summed E-state index contributed by atoms with van der Waals surface area (Å²) in [6.07, 6.45) is 0. The lowest BCUT2D eigenvalue weighted by atomic mass is 10.1. The molecule has 2 aromatic carbocycles. The van der Waals surface area contributed by atoms with Crippen LogP contribution in [0.1, 0.15) is 27.0 Å². The van der Waals surface area contributed by atoms with Gasteiger partial charge in [-0.1, -0.05) is 25.1 Å². The molecule has 0 unspecified atom stereocenters. The van der Waals surface area contributed by atoms with Gasteiger partial charge in [0.25, 0.3) is 11.8 Å². The van der Waals surface area contributed by atoms with Crippen LogP contribution in [0.25, 0.3) is 0 Å². The highest BCUT2D eigenvalue weighted by Gasteiger charge is 2.19. The Morgan fingerprint density at radius 1 is 0.871 bits per heavy atom. The maximum Gasteiger partial charge on any atom is 0.265 e. The third-order valence-electron chi connectivity index (χ3n) is 5.46. The van der Waals surface area contributed by atoms with Crippen LogP contribution in [0.3, 0.4) is 0 Å². The third-order valence-corrected chi connectivity index (χ3v) is 6.33. The summed E-state index contributed by atoms with van der Waals surface area (Å²) >= 11 is 1.39. The number of thiophene rings is 1. The smallest absolute Gasteiger partial charge is 0.265 e. The second-order valence-corrected chi connectivity index (χ2v) is 8.35. The van der Waals surface area contributed by atoms with Crippen LogP contribution in [-0.4, -0.2) is 49.4 Å². The molecule has 4 rings (SSSR count). The Morgan fingerprint density at radius 2 is 1.61 bits per heavy atom. The molecule has 160 valence electrons. The molecule has 1 fully saturated rings. The summed E-state index contributed by atoms with van der Waals surface area (Å²) in [5.41, 5.74) is 3.06. The van der Waals surface area contributed by atoms with Crippen molar-refractivity contribution in [2.75, 3.05) is 48.3 Å². The Kier molecular flexibility index (Phi) is 6.64. The standard InChI is InChI=1S/C24H26N4O2S/c1-2-27-13-15-28(16-14-27)21-7-4-3-6-20(21)26-23(29)18-9-11-19(12-10-18)25-24(30)22-8-5-17-31-22/h3-12,17H,2,13-16H2,1H3,(H,25,30)(H,26,29). The first-order valence-corrected chi connectivity index (χ1v) is 11.3. The van der Waals surface area contributed by atoms with E-state index in [1.165, 1.54) is 11.3 Å². The van der Waals surface area contributed by atoms with E-state index >= 15 is 0 Å². The van der Waals surface area contributed by atoms with Gasteiger partial charge < -0.3 is 20.4 Å². The lowest BCUT2D eigenvalue weighted by Crippen LogP contribution is -2.46. The first kappa shape index (κ1) is 21.1. The van der Waals surface area contributed by atoms with E-state index in [0.717, 1.165) is 44.1 Å². The van der Waals surface area contributed by atoms with Crippen molar-refractivity contribution in [3.8, 4) is 0 Å². The molecule has 0 spiro atoms. The SMILES string of the molecule is CCN1CCN(c2ccccc2NC(=O)c2ccc(NC(=O)c3cccs3)cc2)CC1. The third kappa shape index (κ3) is 5.13. The maximum atomic E-state index is 12.8. The first-order chi connectivity index (χ1) is 15.1. The van der Waals surface area contributed by atoms with Crippen LogP contribution < -0.4 is 15.5 Å². The molecule has 2 amide bonds. The van der Waals surface area contributed by atoms with Crippen molar-refractivity contribution < 1.29 is 9.59 Å². The van der Waals surface area contributed by atoms with Crippen LogP contribution in [0.15, 0.2) is 66.0 Å². The number of benzene rings is 2. The van der Waals surface area contributed by atoms with Gasteiger partial charge in [0.15, 0.2) is 0 Å². The highest BCUT2D eigenvalue weighted by molar-refractivity contribution is 7.12. The number of para-hydroxylation sites is 2. The second kappa shape index (κ2) is 9.76. The topological polar surface area (TPSA) is 64.7 Å². The Balaban J connectivity index is 1.41. The Morgan fingerprint density at radius 3 is 2.29 bits per heavy atom. The molecular formula is C24H26N4O2S. The van der Waals surface area contributed by atoms with E-state index in [4.69, 9.17) is 0 Å². The molecule has 0 radical (unpaired) electrons. The van der Waals surface area contributed by atoms with Gasteiger partial charge in [-0.3, -0.25) is 9.59 Å². The molecule has 2 N–H and O–H groups in total. The molecule has 1 saturated heterocycles. The fourth-order valence-corrected chi connectivity index (χ4v) is 4.28. The van der Waals surface area contributed by atoms with Crippen LogP contribution in [0.5, 0.6) is 0 Å². The summed E-state index contributed by atoms with van der Waals surface area (Å²) in [5, 5.41) is 7.77. The molecule has 31 heavy (non-hydrogen) atoms. The number of rotatable bonds is 6. The summed E-state index contributed by atoms with van der Waals surface area (Å²) in [6.45, 7) is 7.19. The van der Waals surface area contributed by atoms with Crippen LogP contribution in [-0.2, 0) is 0 Å². The highest BCUT2D eigenvalue weighted by Crippen LogP contribution is 2.27. The molecule has 0 atom stereocenters.